The van der Waals surface area contributed by atoms with Crippen LogP contribution in [0, 0.1) is 0 Å². The lowest BCUT2D eigenvalue weighted by Gasteiger charge is -2.11. The standard InChI is InChI=1S/C23H26N4O3S2/c1-3-27-20(16-11-7-8-12-16)25-26-23(27)32-14-18(28)24-21-19(22(29)30-2)17(13-31-21)15-9-5-4-6-10-15/h4-6,9-10,13,16H,3,7-8,11-12,14H2,1-2H3,(H,24,28). The van der Waals surface area contributed by atoms with Crippen LogP contribution in [0.15, 0.2) is 40.9 Å². The molecule has 0 aliphatic heterocycles. The zero-order valence-electron chi connectivity index (χ0n) is 18.2. The van der Waals surface area contributed by atoms with Gasteiger partial charge in [-0.15, -0.1) is 21.5 Å². The predicted octanol–water partition coefficient (Wildman–Crippen LogP) is 5.20. The summed E-state index contributed by atoms with van der Waals surface area (Å²) in [5.74, 6) is 1.01. The molecule has 4 rings (SSSR count). The number of nitrogens with zero attached hydrogens (tertiary/aromatic N) is 3. The van der Waals surface area contributed by atoms with Crippen molar-refractivity contribution in [2.45, 2.75) is 50.2 Å². The average molecular weight is 471 g/mol. The highest BCUT2D eigenvalue weighted by molar-refractivity contribution is 7.99. The molecule has 1 N–H and O–H groups in total. The molecule has 0 atom stereocenters. The van der Waals surface area contributed by atoms with E-state index in [0.29, 0.717) is 16.5 Å². The van der Waals surface area contributed by atoms with Crippen molar-refractivity contribution >= 4 is 40.0 Å². The minimum atomic E-state index is -0.472. The van der Waals surface area contributed by atoms with Gasteiger partial charge in [0.25, 0.3) is 0 Å². The number of benzene rings is 1. The molecule has 0 radical (unpaired) electrons. The predicted molar refractivity (Wildman–Crippen MR) is 127 cm³/mol. The van der Waals surface area contributed by atoms with E-state index in [4.69, 9.17) is 4.74 Å². The highest BCUT2D eigenvalue weighted by Crippen LogP contribution is 2.37. The number of hydrogen-bond donors (Lipinski definition) is 1. The lowest BCUT2D eigenvalue weighted by molar-refractivity contribution is -0.113. The molecule has 2 aromatic heterocycles. The SMILES string of the molecule is CCn1c(SCC(=O)Nc2scc(-c3ccccc3)c2C(=O)OC)nnc1C1CCCC1. The number of rotatable bonds is 8. The Bertz CT molecular complexity index is 1090. The van der Waals surface area contributed by atoms with E-state index in [1.54, 1.807) is 0 Å². The monoisotopic (exact) mass is 470 g/mol. The van der Waals surface area contributed by atoms with Crippen LogP contribution in [-0.4, -0.2) is 39.5 Å². The summed E-state index contributed by atoms with van der Waals surface area (Å²) in [6.07, 6.45) is 4.78. The summed E-state index contributed by atoms with van der Waals surface area (Å²) in [4.78, 5) is 25.2. The van der Waals surface area contributed by atoms with Crippen LogP contribution in [0.25, 0.3) is 11.1 Å². The fourth-order valence-electron chi connectivity index (χ4n) is 4.07. The molecule has 1 aliphatic carbocycles. The van der Waals surface area contributed by atoms with E-state index >= 15 is 0 Å². The molecule has 0 spiro atoms. The number of amides is 1. The van der Waals surface area contributed by atoms with Gasteiger partial charge in [0.1, 0.15) is 16.4 Å². The van der Waals surface area contributed by atoms with Crippen molar-refractivity contribution in [2.75, 3.05) is 18.2 Å². The largest absolute Gasteiger partial charge is 0.465 e. The molecule has 1 aromatic carbocycles. The number of carbonyl (C=O) groups is 2. The fourth-order valence-corrected chi connectivity index (χ4v) is 5.85. The lowest BCUT2D eigenvalue weighted by atomic mass is 10.0. The summed E-state index contributed by atoms with van der Waals surface area (Å²) in [6, 6.07) is 9.59. The third-order valence-electron chi connectivity index (χ3n) is 5.63. The van der Waals surface area contributed by atoms with Crippen LogP contribution in [0.2, 0.25) is 0 Å². The van der Waals surface area contributed by atoms with Crippen molar-refractivity contribution < 1.29 is 14.3 Å². The highest BCUT2D eigenvalue weighted by Gasteiger charge is 2.25. The number of anilines is 1. The summed E-state index contributed by atoms with van der Waals surface area (Å²) >= 11 is 2.69. The van der Waals surface area contributed by atoms with Crippen LogP contribution in [-0.2, 0) is 16.1 Å². The van der Waals surface area contributed by atoms with E-state index in [9.17, 15) is 9.59 Å². The Balaban J connectivity index is 1.47. The molecule has 0 unspecified atom stereocenters. The number of methoxy groups -OCH3 is 1. The van der Waals surface area contributed by atoms with E-state index < -0.39 is 5.97 Å². The van der Waals surface area contributed by atoms with Gasteiger partial charge in [-0.25, -0.2) is 4.79 Å². The Morgan fingerprint density at radius 1 is 1.22 bits per heavy atom. The summed E-state index contributed by atoms with van der Waals surface area (Å²) in [7, 11) is 1.34. The maximum Gasteiger partial charge on any atom is 0.341 e. The van der Waals surface area contributed by atoms with Crippen molar-refractivity contribution in [2.24, 2.45) is 0 Å². The third kappa shape index (κ3) is 4.73. The van der Waals surface area contributed by atoms with Gasteiger partial charge in [-0.1, -0.05) is 54.9 Å². The second kappa shape index (κ2) is 10.3. The lowest BCUT2D eigenvalue weighted by Crippen LogP contribution is -2.16. The fraction of sp³-hybridized carbons (Fsp3) is 0.391. The number of thioether (sulfide) groups is 1. The molecule has 9 heteroatoms. The topological polar surface area (TPSA) is 86.1 Å². The number of esters is 1. The summed E-state index contributed by atoms with van der Waals surface area (Å²) in [6.45, 7) is 2.85. The van der Waals surface area contributed by atoms with Crippen LogP contribution in [0.5, 0.6) is 0 Å². The number of nitrogens with one attached hydrogen (secondary N) is 1. The summed E-state index contributed by atoms with van der Waals surface area (Å²) < 4.78 is 7.10. The van der Waals surface area contributed by atoms with Crippen molar-refractivity contribution in [1.29, 1.82) is 0 Å². The Labute approximate surface area is 195 Å². The first kappa shape index (κ1) is 22.5. The van der Waals surface area contributed by atoms with E-state index in [2.05, 4.69) is 27.0 Å². The Morgan fingerprint density at radius 2 is 1.97 bits per heavy atom. The molecular weight excluding hydrogens is 444 g/mol. The Morgan fingerprint density at radius 3 is 2.66 bits per heavy atom. The van der Waals surface area contributed by atoms with Gasteiger partial charge in [-0.3, -0.25) is 4.79 Å². The van der Waals surface area contributed by atoms with Crippen LogP contribution < -0.4 is 5.32 Å². The molecule has 1 aliphatic rings. The second-order valence-electron chi connectivity index (χ2n) is 7.61. The average Bonchev–Trinajstić information content (AvgIpc) is 3.57. The van der Waals surface area contributed by atoms with E-state index in [1.165, 1.54) is 43.1 Å². The van der Waals surface area contributed by atoms with Gasteiger partial charge < -0.3 is 14.6 Å². The Hall–Kier alpha value is -2.65. The van der Waals surface area contributed by atoms with Gasteiger partial charge in [0.15, 0.2) is 5.16 Å². The number of ether oxygens (including phenoxy) is 1. The number of thiophene rings is 1. The molecule has 7 nitrogen and oxygen atoms in total. The normalized spacial score (nSPS) is 13.9. The van der Waals surface area contributed by atoms with Gasteiger partial charge in [0, 0.05) is 23.4 Å². The Kier molecular flexibility index (Phi) is 7.26. The molecule has 0 bridgehead atoms. The van der Waals surface area contributed by atoms with Crippen molar-refractivity contribution in [3.05, 3.63) is 47.1 Å². The molecule has 3 aromatic rings. The summed E-state index contributed by atoms with van der Waals surface area (Å²) in [5.41, 5.74) is 2.02. The van der Waals surface area contributed by atoms with Gasteiger partial charge >= 0.3 is 5.97 Å². The molecule has 0 saturated heterocycles. The maximum absolute atomic E-state index is 12.7. The minimum absolute atomic E-state index is 0.183. The van der Waals surface area contributed by atoms with Crippen LogP contribution in [0.4, 0.5) is 5.00 Å². The van der Waals surface area contributed by atoms with E-state index in [-0.39, 0.29) is 11.7 Å². The molecular formula is C23H26N4O3S2. The number of carbonyl (C=O) groups excluding carboxylic acids is 2. The van der Waals surface area contributed by atoms with Crippen molar-refractivity contribution in [3.63, 3.8) is 0 Å². The smallest absolute Gasteiger partial charge is 0.341 e. The first-order chi connectivity index (χ1) is 15.6. The summed E-state index contributed by atoms with van der Waals surface area (Å²) in [5, 5.41) is 14.8. The van der Waals surface area contributed by atoms with Crippen LogP contribution in [0.1, 0.15) is 54.7 Å². The highest BCUT2D eigenvalue weighted by atomic mass is 32.2. The number of aromatic nitrogens is 3. The second-order valence-corrected chi connectivity index (χ2v) is 9.44. The maximum atomic E-state index is 12.7. The minimum Gasteiger partial charge on any atom is -0.465 e. The molecule has 1 amide bonds. The third-order valence-corrected chi connectivity index (χ3v) is 7.49. The molecule has 1 fully saturated rings. The molecule has 32 heavy (non-hydrogen) atoms. The zero-order chi connectivity index (χ0) is 22.5. The van der Waals surface area contributed by atoms with E-state index in [1.807, 2.05) is 35.7 Å². The van der Waals surface area contributed by atoms with Crippen molar-refractivity contribution in [3.8, 4) is 11.1 Å². The van der Waals surface area contributed by atoms with Gasteiger partial charge in [0.05, 0.1) is 12.9 Å². The zero-order valence-corrected chi connectivity index (χ0v) is 19.8. The van der Waals surface area contributed by atoms with E-state index in [0.717, 1.165) is 41.5 Å². The van der Waals surface area contributed by atoms with Gasteiger partial charge in [-0.05, 0) is 25.3 Å². The van der Waals surface area contributed by atoms with Gasteiger partial charge in [0.2, 0.25) is 5.91 Å². The van der Waals surface area contributed by atoms with Gasteiger partial charge in [-0.2, -0.15) is 0 Å². The first-order valence-electron chi connectivity index (χ1n) is 10.7. The quantitative estimate of drug-likeness (QED) is 0.360. The van der Waals surface area contributed by atoms with Crippen LogP contribution >= 0.6 is 23.1 Å². The molecule has 2 heterocycles. The number of hydrogen-bond acceptors (Lipinski definition) is 7. The first-order valence-corrected chi connectivity index (χ1v) is 12.6. The van der Waals surface area contributed by atoms with Crippen LogP contribution in [0.3, 0.4) is 0 Å². The molecule has 168 valence electrons. The molecule has 1 saturated carbocycles. The van der Waals surface area contributed by atoms with Crippen molar-refractivity contribution in [1.82, 2.24) is 14.8 Å².